The molecule has 3 aromatic rings. The van der Waals surface area contributed by atoms with Crippen molar-refractivity contribution in [3.05, 3.63) is 71.2 Å². The van der Waals surface area contributed by atoms with Gasteiger partial charge in [0.05, 0.1) is 6.61 Å². The van der Waals surface area contributed by atoms with E-state index in [4.69, 9.17) is 4.74 Å². The summed E-state index contributed by atoms with van der Waals surface area (Å²) < 4.78 is 21.3. The van der Waals surface area contributed by atoms with E-state index in [9.17, 15) is 14.0 Å². The second kappa shape index (κ2) is 10.1. The molecule has 1 saturated carbocycles. The topological polar surface area (TPSA) is 63.6 Å². The maximum absolute atomic E-state index is 14.2. The molecule has 0 radical (unpaired) electrons. The molecule has 1 atom stereocenters. The summed E-state index contributed by atoms with van der Waals surface area (Å²) in [5.74, 6) is -0.0203. The summed E-state index contributed by atoms with van der Waals surface area (Å²) in [6, 6.07) is 14.7. The molecule has 6 nitrogen and oxygen atoms in total. The van der Waals surface area contributed by atoms with Crippen molar-refractivity contribution in [1.29, 1.82) is 0 Å². The van der Waals surface area contributed by atoms with Gasteiger partial charge in [-0.1, -0.05) is 30.3 Å². The molecular weight excluding hydrogens is 445 g/mol. The molecule has 0 spiro atoms. The highest BCUT2D eigenvalue weighted by Crippen LogP contribution is 2.34. The van der Waals surface area contributed by atoms with E-state index in [-0.39, 0.29) is 30.4 Å². The van der Waals surface area contributed by atoms with Crippen LogP contribution in [0.15, 0.2) is 48.5 Å². The van der Waals surface area contributed by atoms with Crippen molar-refractivity contribution in [2.75, 3.05) is 13.2 Å². The van der Waals surface area contributed by atoms with E-state index in [1.165, 1.54) is 25.0 Å². The summed E-state index contributed by atoms with van der Waals surface area (Å²) in [6.45, 7) is 3.57. The van der Waals surface area contributed by atoms with Gasteiger partial charge in [0, 0.05) is 35.7 Å². The predicted octanol–water partition coefficient (Wildman–Crippen LogP) is 4.82. The Balaban J connectivity index is 1.35. The lowest BCUT2D eigenvalue weighted by atomic mass is 9.91. The van der Waals surface area contributed by atoms with Gasteiger partial charge in [0.25, 0.3) is 0 Å². The highest BCUT2D eigenvalue weighted by Gasteiger charge is 2.31. The van der Waals surface area contributed by atoms with Crippen LogP contribution in [0.2, 0.25) is 0 Å². The fraction of sp³-hybridized carbons (Fsp3) is 0.429. The zero-order valence-corrected chi connectivity index (χ0v) is 20.1. The molecule has 1 fully saturated rings. The fourth-order valence-electron chi connectivity index (χ4n) is 5.16. The van der Waals surface area contributed by atoms with E-state index >= 15 is 0 Å². The predicted molar refractivity (Wildman–Crippen MR) is 132 cm³/mol. The molecular formula is C28H32FN3O3. The van der Waals surface area contributed by atoms with Crippen molar-refractivity contribution < 1.29 is 18.7 Å². The molecule has 0 bridgehead atoms. The number of esters is 1. The van der Waals surface area contributed by atoms with Crippen LogP contribution in [0.4, 0.5) is 9.18 Å². The number of nitrogens with zero attached hydrogens (tertiary/aromatic N) is 2. The highest BCUT2D eigenvalue weighted by molar-refractivity contribution is 5.87. The number of rotatable bonds is 8. The number of fused-ring (bicyclic) bond motifs is 3. The smallest absolute Gasteiger partial charge is 0.325 e. The number of nitrogens with one attached hydrogen (secondary N) is 1. The van der Waals surface area contributed by atoms with E-state index in [1.54, 1.807) is 13.0 Å². The normalized spacial score (nSPS) is 17.1. The van der Waals surface area contributed by atoms with Crippen LogP contribution >= 0.6 is 0 Å². The van der Waals surface area contributed by atoms with Crippen LogP contribution in [0, 0.1) is 11.7 Å². The highest BCUT2D eigenvalue weighted by atomic mass is 19.1. The first kappa shape index (κ1) is 23.4. The molecule has 5 rings (SSSR count). The standard InChI is InChI=1S/C28H32FN3O3/c1-2-35-27(33)18-32-25-12-10-21(29)14-23(25)24-15-22(11-13-26(24)32)30-28(34)31(17-20-8-9-20)16-19-6-4-3-5-7-19/h3-7,10,12,14,20,22H,2,8-9,11,13,15-18H2,1H3,(H,30,34)/t22-/m0/s1. The Bertz CT molecular complexity index is 1220. The second-order valence-corrected chi connectivity index (χ2v) is 9.68. The van der Waals surface area contributed by atoms with Crippen LogP contribution in [-0.2, 0) is 35.5 Å². The molecule has 1 N–H and O–H groups in total. The van der Waals surface area contributed by atoms with Gasteiger partial charge in [-0.2, -0.15) is 0 Å². The molecule has 2 aliphatic carbocycles. The van der Waals surface area contributed by atoms with Gasteiger partial charge in [0.15, 0.2) is 0 Å². The Kier molecular flexibility index (Phi) is 6.75. The molecule has 184 valence electrons. The summed E-state index contributed by atoms with van der Waals surface area (Å²) in [5.41, 5.74) is 3.99. The summed E-state index contributed by atoms with van der Waals surface area (Å²) in [6.07, 6.45) is 4.44. The molecule has 1 heterocycles. The third-order valence-electron chi connectivity index (χ3n) is 7.03. The molecule has 1 aromatic heterocycles. The molecule has 0 aliphatic heterocycles. The number of carbonyl (C=O) groups excluding carboxylic acids is 2. The van der Waals surface area contributed by atoms with Gasteiger partial charge in [-0.25, -0.2) is 9.18 Å². The minimum Gasteiger partial charge on any atom is -0.465 e. The quantitative estimate of drug-likeness (QED) is 0.473. The average Bonchev–Trinajstić information content (AvgIpc) is 3.62. The zero-order valence-electron chi connectivity index (χ0n) is 20.1. The van der Waals surface area contributed by atoms with Crippen molar-refractivity contribution in [1.82, 2.24) is 14.8 Å². The molecule has 2 amide bonds. The van der Waals surface area contributed by atoms with Crippen LogP contribution in [0.25, 0.3) is 10.9 Å². The van der Waals surface area contributed by atoms with Gasteiger partial charge in [0.1, 0.15) is 12.4 Å². The zero-order chi connectivity index (χ0) is 24.4. The second-order valence-electron chi connectivity index (χ2n) is 9.68. The van der Waals surface area contributed by atoms with Gasteiger partial charge in [-0.05, 0) is 74.3 Å². The van der Waals surface area contributed by atoms with Crippen molar-refractivity contribution in [3.8, 4) is 0 Å². The maximum atomic E-state index is 14.2. The number of halogens is 1. The largest absolute Gasteiger partial charge is 0.465 e. The summed E-state index contributed by atoms with van der Waals surface area (Å²) in [7, 11) is 0. The number of ether oxygens (including phenoxy) is 1. The van der Waals surface area contributed by atoms with Crippen LogP contribution < -0.4 is 5.32 Å². The van der Waals surface area contributed by atoms with Gasteiger partial charge >= 0.3 is 12.0 Å². The first-order valence-electron chi connectivity index (χ1n) is 12.6. The van der Waals surface area contributed by atoms with E-state index in [1.807, 2.05) is 39.8 Å². The number of amides is 2. The van der Waals surface area contributed by atoms with Crippen LogP contribution in [0.3, 0.4) is 0 Å². The molecule has 0 unspecified atom stereocenters. The molecule has 2 aromatic carbocycles. The Labute approximate surface area is 205 Å². The number of carbonyl (C=O) groups is 2. The van der Waals surface area contributed by atoms with Gasteiger partial charge in [-0.3, -0.25) is 4.79 Å². The van der Waals surface area contributed by atoms with Crippen LogP contribution in [0.1, 0.15) is 43.0 Å². The van der Waals surface area contributed by atoms with Crippen molar-refractivity contribution in [2.45, 2.75) is 58.2 Å². The lowest BCUT2D eigenvalue weighted by Gasteiger charge is -2.29. The molecule has 2 aliphatic rings. The average molecular weight is 478 g/mol. The molecule has 0 saturated heterocycles. The number of benzene rings is 2. The van der Waals surface area contributed by atoms with Crippen molar-refractivity contribution >= 4 is 22.9 Å². The lowest BCUT2D eigenvalue weighted by molar-refractivity contribution is -0.143. The van der Waals surface area contributed by atoms with E-state index in [0.717, 1.165) is 40.7 Å². The summed E-state index contributed by atoms with van der Waals surface area (Å²) in [5, 5.41) is 4.06. The first-order chi connectivity index (χ1) is 17.0. The van der Waals surface area contributed by atoms with E-state index < -0.39 is 0 Å². The third kappa shape index (κ3) is 5.34. The SMILES string of the molecule is CCOC(=O)Cn1c2c(c3cc(F)ccc31)C[C@@H](NC(=O)N(Cc1ccccc1)CC1CC1)CC2. The Morgan fingerprint density at radius 1 is 1.14 bits per heavy atom. The Hall–Kier alpha value is -3.35. The van der Waals surface area contributed by atoms with Crippen molar-refractivity contribution in [2.24, 2.45) is 5.92 Å². The first-order valence-corrected chi connectivity index (χ1v) is 12.6. The number of hydrogen-bond donors (Lipinski definition) is 1. The maximum Gasteiger partial charge on any atom is 0.325 e. The van der Waals surface area contributed by atoms with Gasteiger partial charge in [-0.15, -0.1) is 0 Å². The van der Waals surface area contributed by atoms with Crippen LogP contribution in [-0.4, -0.2) is 40.7 Å². The van der Waals surface area contributed by atoms with E-state index in [0.29, 0.717) is 31.9 Å². The number of urea groups is 1. The monoisotopic (exact) mass is 477 g/mol. The number of aromatic nitrogens is 1. The van der Waals surface area contributed by atoms with Crippen LogP contribution in [0.5, 0.6) is 0 Å². The molecule has 35 heavy (non-hydrogen) atoms. The van der Waals surface area contributed by atoms with E-state index in [2.05, 4.69) is 5.32 Å². The lowest BCUT2D eigenvalue weighted by Crippen LogP contribution is -2.47. The molecule has 7 heteroatoms. The number of hydrogen-bond acceptors (Lipinski definition) is 3. The minimum atomic E-state index is -0.307. The summed E-state index contributed by atoms with van der Waals surface area (Å²) in [4.78, 5) is 27.5. The Morgan fingerprint density at radius 3 is 2.69 bits per heavy atom. The Morgan fingerprint density at radius 2 is 1.94 bits per heavy atom. The minimum absolute atomic E-state index is 0.0441. The fourth-order valence-corrected chi connectivity index (χ4v) is 5.16. The van der Waals surface area contributed by atoms with Crippen molar-refractivity contribution in [3.63, 3.8) is 0 Å². The van der Waals surface area contributed by atoms with Gasteiger partial charge < -0.3 is 19.5 Å². The summed E-state index contributed by atoms with van der Waals surface area (Å²) >= 11 is 0. The third-order valence-corrected chi connectivity index (χ3v) is 7.03. The van der Waals surface area contributed by atoms with Gasteiger partial charge in [0.2, 0.25) is 0 Å².